The molecule has 3 N–H and O–H groups in total. The highest BCUT2D eigenvalue weighted by Gasteiger charge is 2.51. The van der Waals surface area contributed by atoms with E-state index in [1.165, 1.54) is 6.07 Å². The minimum absolute atomic E-state index is 0.0203. The second-order valence-corrected chi connectivity index (χ2v) is 11.2. The van der Waals surface area contributed by atoms with E-state index >= 15 is 0 Å². The van der Waals surface area contributed by atoms with Gasteiger partial charge in [0.2, 0.25) is 5.91 Å². The van der Waals surface area contributed by atoms with E-state index in [0.29, 0.717) is 30.5 Å². The van der Waals surface area contributed by atoms with Crippen LogP contribution in [0.1, 0.15) is 56.7 Å². The number of quaternary nitrogens is 1. The van der Waals surface area contributed by atoms with Crippen LogP contribution in [0.5, 0.6) is 0 Å². The molecule has 0 aliphatic rings. The fourth-order valence-corrected chi connectivity index (χ4v) is 6.67. The molecule has 200 valence electrons. The molecule has 0 fully saturated rings. The number of nitrogens with one attached hydrogen (secondary N) is 2. The zero-order valence-electron chi connectivity index (χ0n) is 21.8. The molecular formula is C27H41FN3O4S+. The Kier molecular flexibility index (Phi) is 11.5. The SMILES string of the molecule is CCC[N+](CCC)(C(Cc1ccc(C)c(F)c1)C(O)CNCc1ccccc1)S(=O)(=O)NC(=O)CC. The van der Waals surface area contributed by atoms with Gasteiger partial charge >= 0.3 is 10.2 Å². The van der Waals surface area contributed by atoms with Gasteiger partial charge in [-0.15, -0.1) is 0 Å². The van der Waals surface area contributed by atoms with Crippen LogP contribution in [0.15, 0.2) is 48.5 Å². The normalized spacial score (nSPS) is 13.8. The maximum atomic E-state index is 14.4. The third-order valence-electron chi connectivity index (χ3n) is 6.50. The molecule has 0 bridgehead atoms. The Bertz CT molecular complexity index is 1070. The highest BCUT2D eigenvalue weighted by molar-refractivity contribution is 7.84. The molecule has 0 aliphatic heterocycles. The third-order valence-corrected chi connectivity index (χ3v) is 8.58. The van der Waals surface area contributed by atoms with Gasteiger partial charge in [-0.25, -0.2) is 9.11 Å². The summed E-state index contributed by atoms with van der Waals surface area (Å²) in [6.07, 6.45) is 0.109. The highest BCUT2D eigenvalue weighted by Crippen LogP contribution is 2.28. The molecule has 1 amide bonds. The number of amides is 1. The quantitative estimate of drug-likeness (QED) is 0.311. The number of rotatable bonds is 15. The Morgan fingerprint density at radius 2 is 1.67 bits per heavy atom. The van der Waals surface area contributed by atoms with Crippen molar-refractivity contribution in [1.29, 1.82) is 0 Å². The Morgan fingerprint density at radius 1 is 1.03 bits per heavy atom. The summed E-state index contributed by atoms with van der Waals surface area (Å²) in [5.41, 5.74) is 2.12. The number of aliphatic hydroxyl groups excluding tert-OH is 1. The minimum Gasteiger partial charge on any atom is -0.386 e. The predicted molar refractivity (Wildman–Crippen MR) is 141 cm³/mol. The molecule has 0 saturated heterocycles. The molecule has 0 aliphatic carbocycles. The largest absolute Gasteiger partial charge is 0.396 e. The summed E-state index contributed by atoms with van der Waals surface area (Å²) in [7, 11) is -4.22. The van der Waals surface area contributed by atoms with Gasteiger partial charge in [-0.3, -0.25) is 4.79 Å². The van der Waals surface area contributed by atoms with Crippen molar-refractivity contribution in [2.75, 3.05) is 19.6 Å². The standard InChI is InChI=1S/C27H40FN3O4S/c1-5-15-31(16-6-2,36(34,35)30-27(33)7-3)25(18-23-14-13-21(4)24(28)17-23)26(32)20-29-19-22-11-9-8-10-12-22/h8-14,17,25-26,29,32H,5-7,15-16,18-20H2,1-4H3/p+1. The number of halogens is 1. The molecule has 0 spiro atoms. The van der Waals surface area contributed by atoms with Crippen LogP contribution in [0.25, 0.3) is 0 Å². The Balaban J connectivity index is 2.50. The van der Waals surface area contributed by atoms with E-state index in [2.05, 4.69) is 10.0 Å². The Labute approximate surface area is 215 Å². The fourth-order valence-electron chi connectivity index (χ4n) is 4.64. The lowest BCUT2D eigenvalue weighted by Crippen LogP contribution is -2.68. The number of carbonyl (C=O) groups excluding carboxylic acids is 1. The van der Waals surface area contributed by atoms with E-state index in [4.69, 9.17) is 0 Å². The van der Waals surface area contributed by atoms with Crippen molar-refractivity contribution in [2.24, 2.45) is 0 Å². The molecular weight excluding hydrogens is 481 g/mol. The molecule has 0 aromatic heterocycles. The van der Waals surface area contributed by atoms with E-state index in [-0.39, 0.29) is 38.3 Å². The number of aryl methyl sites for hydroxylation is 1. The molecule has 2 rings (SSSR count). The van der Waals surface area contributed by atoms with Crippen LogP contribution < -0.4 is 10.0 Å². The van der Waals surface area contributed by atoms with Crippen molar-refractivity contribution in [3.63, 3.8) is 0 Å². The number of hydrogen-bond donors (Lipinski definition) is 3. The van der Waals surface area contributed by atoms with Crippen LogP contribution in [0, 0.1) is 12.7 Å². The van der Waals surface area contributed by atoms with Crippen LogP contribution in [0.3, 0.4) is 0 Å². The van der Waals surface area contributed by atoms with Gasteiger partial charge < -0.3 is 10.4 Å². The van der Waals surface area contributed by atoms with E-state index in [1.54, 1.807) is 26.0 Å². The smallest absolute Gasteiger partial charge is 0.386 e. The van der Waals surface area contributed by atoms with Crippen molar-refractivity contribution in [3.8, 4) is 0 Å². The van der Waals surface area contributed by atoms with Gasteiger partial charge in [0.25, 0.3) is 0 Å². The van der Waals surface area contributed by atoms with Crippen LogP contribution >= 0.6 is 0 Å². The summed E-state index contributed by atoms with van der Waals surface area (Å²) in [6.45, 7) is 8.06. The molecule has 9 heteroatoms. The molecule has 0 radical (unpaired) electrons. The van der Waals surface area contributed by atoms with Crippen LogP contribution in [-0.4, -0.2) is 55.1 Å². The Morgan fingerprint density at radius 3 is 2.22 bits per heavy atom. The van der Waals surface area contributed by atoms with E-state index in [0.717, 1.165) is 5.56 Å². The molecule has 2 aromatic rings. The lowest BCUT2D eigenvalue weighted by molar-refractivity contribution is -0.838. The van der Waals surface area contributed by atoms with E-state index < -0.39 is 32.2 Å². The zero-order chi connectivity index (χ0) is 26.8. The number of aliphatic hydroxyl groups is 1. The van der Waals surface area contributed by atoms with Gasteiger partial charge in [0.05, 0.1) is 13.1 Å². The minimum atomic E-state index is -4.22. The number of carbonyl (C=O) groups is 1. The van der Waals surface area contributed by atoms with E-state index in [9.17, 15) is 22.7 Å². The van der Waals surface area contributed by atoms with Gasteiger partial charge in [0.15, 0.2) is 0 Å². The summed E-state index contributed by atoms with van der Waals surface area (Å²) >= 11 is 0. The molecule has 0 heterocycles. The first kappa shape index (κ1) is 29.9. The molecule has 7 nitrogen and oxygen atoms in total. The van der Waals surface area contributed by atoms with Gasteiger partial charge in [0.1, 0.15) is 18.0 Å². The third kappa shape index (κ3) is 7.59. The topological polar surface area (TPSA) is 95.5 Å². The zero-order valence-corrected chi connectivity index (χ0v) is 22.7. The van der Waals surface area contributed by atoms with Crippen LogP contribution in [0.2, 0.25) is 0 Å². The maximum absolute atomic E-state index is 14.4. The average molecular weight is 523 g/mol. The predicted octanol–water partition coefficient (Wildman–Crippen LogP) is 3.60. The van der Waals surface area contributed by atoms with Gasteiger partial charge in [-0.2, -0.15) is 12.3 Å². The first-order valence-electron chi connectivity index (χ1n) is 12.7. The summed E-state index contributed by atoms with van der Waals surface area (Å²) in [4.78, 5) is 12.2. The summed E-state index contributed by atoms with van der Waals surface area (Å²) < 4.78 is 43.7. The van der Waals surface area contributed by atoms with Crippen molar-refractivity contribution < 1.29 is 26.6 Å². The van der Waals surface area contributed by atoms with Crippen molar-refractivity contribution in [2.45, 2.75) is 72.1 Å². The second-order valence-electron chi connectivity index (χ2n) is 9.29. The van der Waals surface area contributed by atoms with E-state index in [1.807, 2.05) is 44.2 Å². The van der Waals surface area contributed by atoms with Crippen LogP contribution in [-0.2, 0) is 28.0 Å². The number of nitrogens with zero attached hydrogens (tertiary/aromatic N) is 1. The molecule has 2 unspecified atom stereocenters. The first-order chi connectivity index (χ1) is 17.1. The van der Waals surface area contributed by atoms with Crippen molar-refractivity contribution in [3.05, 3.63) is 71.0 Å². The second kappa shape index (κ2) is 13.8. The molecule has 0 saturated carbocycles. The number of benzene rings is 2. The van der Waals surface area contributed by atoms with Gasteiger partial charge in [0, 0.05) is 25.9 Å². The van der Waals surface area contributed by atoms with Crippen LogP contribution in [0.4, 0.5) is 4.39 Å². The monoisotopic (exact) mass is 522 g/mol. The fraction of sp³-hybridized carbons (Fsp3) is 0.519. The summed E-state index contributed by atoms with van der Waals surface area (Å²) in [5.74, 6) is -0.976. The molecule has 2 atom stereocenters. The van der Waals surface area contributed by atoms with Gasteiger partial charge in [-0.05, 0) is 42.5 Å². The number of hydrogen-bond acceptors (Lipinski definition) is 5. The lowest BCUT2D eigenvalue weighted by Gasteiger charge is -2.44. The highest BCUT2D eigenvalue weighted by atomic mass is 32.2. The lowest BCUT2D eigenvalue weighted by atomic mass is 9.97. The van der Waals surface area contributed by atoms with Crippen molar-refractivity contribution >= 4 is 16.1 Å². The average Bonchev–Trinajstić information content (AvgIpc) is 2.84. The molecule has 36 heavy (non-hydrogen) atoms. The first-order valence-corrected chi connectivity index (χ1v) is 14.1. The summed E-state index contributed by atoms with van der Waals surface area (Å²) in [5, 5.41) is 14.7. The van der Waals surface area contributed by atoms with Crippen molar-refractivity contribution in [1.82, 2.24) is 10.0 Å². The maximum Gasteiger partial charge on any atom is 0.396 e. The molecule has 2 aromatic carbocycles. The summed E-state index contributed by atoms with van der Waals surface area (Å²) in [6, 6.07) is 13.7. The van der Waals surface area contributed by atoms with Gasteiger partial charge in [-0.1, -0.05) is 63.2 Å². The Hall–Kier alpha value is -2.33.